The number of hydrogen-bond donors (Lipinski definition) is 1. The summed E-state index contributed by atoms with van der Waals surface area (Å²) in [5, 5.41) is 20.1. The van der Waals surface area contributed by atoms with E-state index in [2.05, 4.69) is 11.1 Å². The fourth-order valence-corrected chi connectivity index (χ4v) is 3.55. The number of carbonyl (C=O) groups excluding carboxylic acids is 1. The number of nitriles is 1. The van der Waals surface area contributed by atoms with E-state index in [9.17, 15) is 15.2 Å². The lowest BCUT2D eigenvalue weighted by atomic mass is 10.1. The average Bonchev–Trinajstić information content (AvgIpc) is 2.71. The molecular weight excluding hydrogens is 388 g/mol. The normalized spacial score (nSPS) is 11.9. The number of carbonyl (C=O) groups is 1. The van der Waals surface area contributed by atoms with Gasteiger partial charge >= 0.3 is 0 Å². The Kier molecular flexibility index (Phi) is 8.25. The number of aliphatic hydroxyl groups excluding tert-OH is 1. The number of aryl methyl sites for hydroxylation is 1. The first-order chi connectivity index (χ1) is 13.9. The Labute approximate surface area is 175 Å². The van der Waals surface area contributed by atoms with Crippen LogP contribution in [0.25, 0.3) is 6.08 Å². The van der Waals surface area contributed by atoms with E-state index in [4.69, 9.17) is 9.47 Å². The summed E-state index contributed by atoms with van der Waals surface area (Å²) in [5.74, 6) is 1.29. The van der Waals surface area contributed by atoms with Crippen LogP contribution in [-0.4, -0.2) is 41.4 Å². The van der Waals surface area contributed by atoms with Crippen LogP contribution in [0.5, 0.6) is 11.5 Å². The first-order valence-corrected chi connectivity index (χ1v) is 10.0. The fraction of sp³-hybridized carbons (Fsp3) is 0.318. The Morgan fingerprint density at radius 1 is 1.38 bits per heavy atom. The lowest BCUT2D eigenvalue weighted by Gasteiger charge is -2.15. The molecule has 2 aromatic rings. The van der Waals surface area contributed by atoms with Crippen LogP contribution in [-0.2, 0) is 0 Å². The number of nitrogens with zero attached hydrogens (tertiary/aromatic N) is 2. The van der Waals surface area contributed by atoms with Crippen LogP contribution in [0.15, 0.2) is 35.4 Å². The smallest absolute Gasteiger partial charge is 0.161 e. The summed E-state index contributed by atoms with van der Waals surface area (Å²) in [5.41, 5.74) is 2.31. The largest absolute Gasteiger partial charge is 0.493 e. The third-order valence-electron chi connectivity index (χ3n) is 4.07. The van der Waals surface area contributed by atoms with Crippen molar-refractivity contribution in [3.63, 3.8) is 0 Å². The molecule has 152 valence electrons. The van der Waals surface area contributed by atoms with E-state index >= 15 is 0 Å². The third kappa shape index (κ3) is 6.08. The number of ether oxygens (including phenoxy) is 2. The minimum atomic E-state index is -0.777. The summed E-state index contributed by atoms with van der Waals surface area (Å²) >= 11 is 1.25. The quantitative estimate of drug-likeness (QED) is 0.491. The molecule has 0 aliphatic carbocycles. The van der Waals surface area contributed by atoms with Gasteiger partial charge in [0.25, 0.3) is 0 Å². The summed E-state index contributed by atoms with van der Waals surface area (Å²) in [6, 6.07) is 9.17. The Morgan fingerprint density at radius 2 is 2.14 bits per heavy atom. The van der Waals surface area contributed by atoms with Crippen molar-refractivity contribution in [3.05, 3.63) is 52.7 Å². The van der Waals surface area contributed by atoms with Crippen molar-refractivity contribution in [3.8, 4) is 17.6 Å². The third-order valence-corrected chi connectivity index (χ3v) is 5.20. The topological polar surface area (TPSA) is 92.4 Å². The molecule has 1 N–H and O–H groups in total. The number of rotatable bonds is 9. The highest BCUT2D eigenvalue weighted by atomic mass is 32.2. The molecule has 0 spiro atoms. The molecule has 0 amide bonds. The molecule has 0 radical (unpaired) electrons. The molecule has 0 fully saturated rings. The molecule has 1 heterocycles. The average molecular weight is 413 g/mol. The number of benzene rings is 1. The Hall–Kier alpha value is -2.82. The number of hydrogen-bond acceptors (Lipinski definition) is 7. The van der Waals surface area contributed by atoms with Crippen molar-refractivity contribution >= 4 is 23.6 Å². The van der Waals surface area contributed by atoms with Gasteiger partial charge in [-0.3, -0.25) is 4.79 Å². The molecule has 1 aromatic heterocycles. The van der Waals surface area contributed by atoms with E-state index in [1.807, 2.05) is 31.2 Å². The number of pyridine rings is 1. The van der Waals surface area contributed by atoms with E-state index in [1.165, 1.54) is 18.7 Å². The first kappa shape index (κ1) is 22.5. The molecule has 0 bridgehead atoms. The molecule has 0 aliphatic heterocycles. The summed E-state index contributed by atoms with van der Waals surface area (Å²) < 4.78 is 11.0. The molecule has 1 atom stereocenters. The number of ketones is 1. The highest BCUT2D eigenvalue weighted by Gasteiger charge is 2.15. The van der Waals surface area contributed by atoms with Gasteiger partial charge in [-0.2, -0.15) is 5.26 Å². The highest BCUT2D eigenvalue weighted by Crippen LogP contribution is 2.29. The van der Waals surface area contributed by atoms with Gasteiger partial charge in [0.1, 0.15) is 17.7 Å². The maximum atomic E-state index is 11.6. The predicted octanol–water partition coefficient (Wildman–Crippen LogP) is 4.04. The number of Topliss-reactive ketones (excluding diaryl/α,β-unsaturated/α-hetero) is 1. The van der Waals surface area contributed by atoms with Crippen LogP contribution < -0.4 is 9.47 Å². The summed E-state index contributed by atoms with van der Waals surface area (Å²) in [6.07, 6.45) is 3.11. The molecule has 0 saturated carbocycles. The number of thioether (sulfide) groups is 1. The standard InChI is InChI=1S/C22H24N2O4S/c1-5-6-16-7-8-20(21(9-16)27-4)28-12-18(26)13-29-22-17(11-23)10-19(15(3)25)14(2)24-22/h5-10,18,26H,12-13H2,1-4H3/b6-5+. The zero-order valence-electron chi connectivity index (χ0n) is 16.9. The molecule has 0 aliphatic rings. The van der Waals surface area contributed by atoms with Crippen LogP contribution in [0.3, 0.4) is 0 Å². The fourth-order valence-electron chi connectivity index (χ4n) is 2.64. The molecular formula is C22H24N2O4S. The van der Waals surface area contributed by atoms with Crippen molar-refractivity contribution in [2.75, 3.05) is 19.5 Å². The maximum Gasteiger partial charge on any atom is 0.161 e. The van der Waals surface area contributed by atoms with Gasteiger partial charge in [-0.1, -0.05) is 18.2 Å². The molecule has 7 heteroatoms. The van der Waals surface area contributed by atoms with Gasteiger partial charge in [0.2, 0.25) is 0 Å². The Morgan fingerprint density at radius 3 is 2.76 bits per heavy atom. The van der Waals surface area contributed by atoms with Crippen molar-refractivity contribution in [1.82, 2.24) is 4.98 Å². The van der Waals surface area contributed by atoms with Crippen molar-refractivity contribution < 1.29 is 19.4 Å². The van der Waals surface area contributed by atoms with Gasteiger partial charge in [0, 0.05) is 17.0 Å². The predicted molar refractivity (Wildman–Crippen MR) is 114 cm³/mol. The van der Waals surface area contributed by atoms with Crippen LogP contribution in [0, 0.1) is 18.3 Å². The van der Waals surface area contributed by atoms with Gasteiger partial charge in [0.05, 0.1) is 18.8 Å². The first-order valence-electron chi connectivity index (χ1n) is 9.06. The Bertz CT molecular complexity index is 951. The number of methoxy groups -OCH3 is 1. The van der Waals surface area contributed by atoms with E-state index < -0.39 is 6.10 Å². The van der Waals surface area contributed by atoms with E-state index in [-0.39, 0.29) is 12.4 Å². The number of aromatic nitrogens is 1. The van der Waals surface area contributed by atoms with Gasteiger partial charge < -0.3 is 14.6 Å². The van der Waals surface area contributed by atoms with E-state index in [0.29, 0.717) is 39.1 Å². The molecule has 0 saturated heterocycles. The van der Waals surface area contributed by atoms with Gasteiger partial charge in [-0.05, 0) is 44.5 Å². The monoisotopic (exact) mass is 412 g/mol. The second kappa shape index (κ2) is 10.6. The second-order valence-electron chi connectivity index (χ2n) is 6.33. The van der Waals surface area contributed by atoms with Crippen LogP contribution in [0.1, 0.15) is 41.0 Å². The van der Waals surface area contributed by atoms with Crippen molar-refractivity contribution in [2.45, 2.75) is 31.9 Å². The van der Waals surface area contributed by atoms with Gasteiger partial charge in [0.15, 0.2) is 17.3 Å². The minimum absolute atomic E-state index is 0.0682. The lowest BCUT2D eigenvalue weighted by molar-refractivity contribution is 0.101. The molecule has 1 unspecified atom stereocenters. The molecule has 29 heavy (non-hydrogen) atoms. The highest BCUT2D eigenvalue weighted by molar-refractivity contribution is 7.99. The van der Waals surface area contributed by atoms with Crippen LogP contribution >= 0.6 is 11.8 Å². The zero-order chi connectivity index (χ0) is 21.4. The number of allylic oxidation sites excluding steroid dienone is 1. The van der Waals surface area contributed by atoms with Gasteiger partial charge in [-0.15, -0.1) is 11.8 Å². The lowest BCUT2D eigenvalue weighted by Crippen LogP contribution is -2.20. The van der Waals surface area contributed by atoms with Crippen molar-refractivity contribution in [1.29, 1.82) is 5.26 Å². The summed E-state index contributed by atoms with van der Waals surface area (Å²) in [7, 11) is 1.57. The number of aliphatic hydroxyl groups is 1. The molecule has 1 aromatic carbocycles. The summed E-state index contributed by atoms with van der Waals surface area (Å²) in [4.78, 5) is 16.0. The zero-order valence-corrected chi connectivity index (χ0v) is 17.7. The second-order valence-corrected chi connectivity index (χ2v) is 7.34. The molecule has 2 rings (SSSR count). The molecule has 6 nitrogen and oxygen atoms in total. The minimum Gasteiger partial charge on any atom is -0.493 e. The van der Waals surface area contributed by atoms with Crippen LogP contribution in [0.4, 0.5) is 0 Å². The summed E-state index contributed by atoms with van der Waals surface area (Å²) in [6.45, 7) is 5.18. The van der Waals surface area contributed by atoms with E-state index in [0.717, 1.165) is 5.56 Å². The van der Waals surface area contributed by atoms with E-state index in [1.54, 1.807) is 26.2 Å². The Balaban J connectivity index is 2.01. The van der Waals surface area contributed by atoms with Crippen LogP contribution in [0.2, 0.25) is 0 Å². The SMILES string of the molecule is C/C=C/c1ccc(OCC(O)CSc2nc(C)c(C(C)=O)cc2C#N)c(OC)c1. The van der Waals surface area contributed by atoms with Gasteiger partial charge in [-0.25, -0.2) is 4.98 Å². The maximum absolute atomic E-state index is 11.6. The van der Waals surface area contributed by atoms with Crippen molar-refractivity contribution in [2.24, 2.45) is 0 Å².